The van der Waals surface area contributed by atoms with Gasteiger partial charge in [-0.25, -0.2) is 9.78 Å². The zero-order chi connectivity index (χ0) is 15.1. The Hall–Kier alpha value is -2.58. The van der Waals surface area contributed by atoms with Crippen LogP contribution in [0.2, 0.25) is 0 Å². The van der Waals surface area contributed by atoms with Crippen molar-refractivity contribution in [2.45, 2.75) is 20.5 Å². The van der Waals surface area contributed by atoms with E-state index in [1.165, 1.54) is 6.08 Å². The number of aryl methyl sites for hydroxylation is 1. The number of pyridine rings is 1. The molecule has 21 heavy (non-hydrogen) atoms. The van der Waals surface area contributed by atoms with Gasteiger partial charge in [0.2, 0.25) is 0 Å². The zero-order valence-electron chi connectivity index (χ0n) is 12.1. The van der Waals surface area contributed by atoms with E-state index >= 15 is 0 Å². The zero-order valence-corrected chi connectivity index (χ0v) is 12.1. The Morgan fingerprint density at radius 3 is 2.67 bits per heavy atom. The molecule has 1 aromatic carbocycles. The maximum atomic E-state index is 10.6. The molecule has 0 N–H and O–H groups in total. The minimum Gasteiger partial charge on any atom is -0.488 e. The fourth-order valence-corrected chi connectivity index (χ4v) is 1.94. The highest BCUT2D eigenvalue weighted by Crippen LogP contribution is 2.32. The van der Waals surface area contributed by atoms with E-state index < -0.39 is 0 Å². The minimum atomic E-state index is 0.425. The van der Waals surface area contributed by atoms with Crippen LogP contribution in [0.25, 0.3) is 6.08 Å². The van der Waals surface area contributed by atoms with Crippen LogP contribution >= 0.6 is 0 Å². The molecule has 1 heterocycles. The van der Waals surface area contributed by atoms with Crippen molar-refractivity contribution < 1.29 is 14.3 Å². The van der Waals surface area contributed by atoms with Crippen molar-refractivity contribution in [3.8, 4) is 11.5 Å². The second-order valence-corrected chi connectivity index (χ2v) is 4.45. The predicted octanol–water partition coefficient (Wildman–Crippen LogP) is 3.21. The van der Waals surface area contributed by atoms with Crippen LogP contribution in [-0.2, 0) is 11.4 Å². The molecule has 0 spiro atoms. The van der Waals surface area contributed by atoms with Gasteiger partial charge >= 0.3 is 0 Å². The maximum absolute atomic E-state index is 10.6. The van der Waals surface area contributed by atoms with Gasteiger partial charge < -0.3 is 9.47 Å². The lowest BCUT2D eigenvalue weighted by molar-refractivity contribution is 0.267. The highest BCUT2D eigenvalue weighted by Gasteiger charge is 2.13. The Labute approximate surface area is 124 Å². The Kier molecular flexibility index (Phi) is 5.13. The van der Waals surface area contributed by atoms with Gasteiger partial charge in [-0.3, -0.25) is 0 Å². The third kappa shape index (κ3) is 3.94. The maximum Gasteiger partial charge on any atom is 0.187 e. The number of hydrogen-bond acceptors (Lipinski definition) is 4. The summed E-state index contributed by atoms with van der Waals surface area (Å²) < 4.78 is 11.4. The normalized spacial score (nSPS) is 9.81. The van der Waals surface area contributed by atoms with Crippen LogP contribution in [0.15, 0.2) is 36.4 Å². The molecule has 2 rings (SSSR count). The van der Waals surface area contributed by atoms with E-state index in [0.717, 1.165) is 11.3 Å². The summed E-state index contributed by atoms with van der Waals surface area (Å²) in [6.07, 6.45) is 1.26. The summed E-state index contributed by atoms with van der Waals surface area (Å²) in [7, 11) is 0. The van der Waals surface area contributed by atoms with Crippen LogP contribution in [0.5, 0.6) is 11.5 Å². The van der Waals surface area contributed by atoms with E-state index in [1.54, 1.807) is 12.0 Å². The average molecular weight is 283 g/mol. The van der Waals surface area contributed by atoms with Gasteiger partial charge in [0.05, 0.1) is 12.7 Å². The predicted molar refractivity (Wildman–Crippen MR) is 81.1 cm³/mol. The third-order valence-electron chi connectivity index (χ3n) is 2.81. The first kappa shape index (κ1) is 14.8. The Morgan fingerprint density at radius 1 is 1.24 bits per heavy atom. The van der Waals surface area contributed by atoms with E-state index in [0.29, 0.717) is 30.4 Å². The molecule has 0 saturated carbocycles. The SMILES string of the molecule is CCOc1c(OCc2ccccc2)cc(C)nc1C=C=O. The van der Waals surface area contributed by atoms with E-state index in [1.807, 2.05) is 44.2 Å². The Bertz CT molecular complexity index is 647. The van der Waals surface area contributed by atoms with Gasteiger partial charge in [0.15, 0.2) is 11.5 Å². The first-order valence-electron chi connectivity index (χ1n) is 6.76. The summed E-state index contributed by atoms with van der Waals surface area (Å²) in [5.74, 6) is 2.79. The number of carbonyl (C=O) groups excluding carboxylic acids is 1. The van der Waals surface area contributed by atoms with Gasteiger partial charge in [-0.1, -0.05) is 30.3 Å². The molecule has 0 radical (unpaired) electrons. The summed E-state index contributed by atoms with van der Waals surface area (Å²) >= 11 is 0. The van der Waals surface area contributed by atoms with E-state index in [9.17, 15) is 4.79 Å². The molecule has 0 aliphatic rings. The summed E-state index contributed by atoms with van der Waals surface area (Å²) in [4.78, 5) is 14.9. The number of aromatic nitrogens is 1. The van der Waals surface area contributed by atoms with Crippen LogP contribution in [0.1, 0.15) is 23.9 Å². The molecular weight excluding hydrogens is 266 g/mol. The highest BCUT2D eigenvalue weighted by molar-refractivity contribution is 5.77. The Morgan fingerprint density at radius 2 is 2.00 bits per heavy atom. The fraction of sp³-hybridized carbons (Fsp3) is 0.235. The molecule has 0 unspecified atom stereocenters. The smallest absolute Gasteiger partial charge is 0.187 e. The second-order valence-electron chi connectivity index (χ2n) is 4.45. The summed E-state index contributed by atoms with van der Waals surface area (Å²) in [6, 6.07) is 11.6. The number of rotatable bonds is 6. The van der Waals surface area contributed by atoms with Crippen molar-refractivity contribution >= 4 is 12.0 Å². The summed E-state index contributed by atoms with van der Waals surface area (Å²) in [6.45, 7) is 4.60. The molecule has 0 aliphatic heterocycles. The van der Waals surface area contributed by atoms with Crippen LogP contribution in [0.4, 0.5) is 0 Å². The molecule has 4 nitrogen and oxygen atoms in total. The molecule has 0 bridgehead atoms. The molecule has 1 aromatic heterocycles. The van der Waals surface area contributed by atoms with Crippen molar-refractivity contribution in [1.29, 1.82) is 0 Å². The summed E-state index contributed by atoms with van der Waals surface area (Å²) in [5, 5.41) is 0. The van der Waals surface area contributed by atoms with Crippen molar-refractivity contribution in [2.24, 2.45) is 0 Å². The van der Waals surface area contributed by atoms with Gasteiger partial charge in [0, 0.05) is 11.8 Å². The quantitative estimate of drug-likeness (QED) is 0.764. The molecule has 108 valence electrons. The lowest BCUT2D eigenvalue weighted by atomic mass is 10.2. The van der Waals surface area contributed by atoms with Crippen LogP contribution in [0, 0.1) is 6.92 Å². The van der Waals surface area contributed by atoms with Gasteiger partial charge in [-0.15, -0.1) is 0 Å². The monoisotopic (exact) mass is 283 g/mol. The fourth-order valence-electron chi connectivity index (χ4n) is 1.94. The van der Waals surface area contributed by atoms with Gasteiger partial charge in [-0.2, -0.15) is 0 Å². The molecule has 0 fully saturated rings. The van der Waals surface area contributed by atoms with Crippen molar-refractivity contribution in [3.63, 3.8) is 0 Å². The molecular formula is C17H17NO3. The second kappa shape index (κ2) is 7.27. The number of ether oxygens (including phenoxy) is 2. The van der Waals surface area contributed by atoms with Gasteiger partial charge in [-0.05, 0) is 19.4 Å². The molecule has 0 aliphatic carbocycles. The third-order valence-corrected chi connectivity index (χ3v) is 2.81. The van der Waals surface area contributed by atoms with Crippen LogP contribution in [-0.4, -0.2) is 17.5 Å². The van der Waals surface area contributed by atoms with Crippen LogP contribution in [0.3, 0.4) is 0 Å². The first-order chi connectivity index (χ1) is 10.2. The van der Waals surface area contributed by atoms with E-state index in [4.69, 9.17) is 9.47 Å². The van der Waals surface area contributed by atoms with Gasteiger partial charge in [0.25, 0.3) is 0 Å². The number of benzene rings is 1. The van der Waals surface area contributed by atoms with Crippen LogP contribution < -0.4 is 9.47 Å². The number of hydrogen-bond donors (Lipinski definition) is 0. The molecule has 0 atom stereocenters. The van der Waals surface area contributed by atoms with Gasteiger partial charge in [0.1, 0.15) is 18.2 Å². The lowest BCUT2D eigenvalue weighted by Gasteiger charge is -2.14. The topological polar surface area (TPSA) is 48.4 Å². The van der Waals surface area contributed by atoms with Crippen molar-refractivity contribution in [2.75, 3.05) is 6.61 Å². The van der Waals surface area contributed by atoms with E-state index in [2.05, 4.69) is 4.98 Å². The highest BCUT2D eigenvalue weighted by atomic mass is 16.5. The lowest BCUT2D eigenvalue weighted by Crippen LogP contribution is -2.03. The summed E-state index contributed by atoms with van der Waals surface area (Å²) in [5.41, 5.74) is 2.25. The standard InChI is InChI=1S/C17H17NO3/c1-3-20-17-15(9-10-19)18-13(2)11-16(17)21-12-14-7-5-4-6-8-14/h4-9,11H,3,12H2,1-2H3. The van der Waals surface area contributed by atoms with E-state index in [-0.39, 0.29) is 0 Å². The largest absolute Gasteiger partial charge is 0.488 e. The first-order valence-corrected chi connectivity index (χ1v) is 6.76. The minimum absolute atomic E-state index is 0.425. The Balaban J connectivity index is 2.30. The molecule has 2 aromatic rings. The molecule has 0 saturated heterocycles. The van der Waals surface area contributed by atoms with Crippen molar-refractivity contribution in [3.05, 3.63) is 53.3 Å². The molecule has 4 heteroatoms. The molecule has 0 amide bonds. The average Bonchev–Trinajstić information content (AvgIpc) is 2.49. The number of nitrogens with zero attached hydrogens (tertiary/aromatic N) is 1. The van der Waals surface area contributed by atoms with Crippen molar-refractivity contribution in [1.82, 2.24) is 4.98 Å².